The van der Waals surface area contributed by atoms with Crippen molar-refractivity contribution in [3.63, 3.8) is 0 Å². The van der Waals surface area contributed by atoms with Gasteiger partial charge in [-0.25, -0.2) is 12.8 Å². The molecule has 1 fully saturated rings. The van der Waals surface area contributed by atoms with E-state index < -0.39 is 39.9 Å². The first kappa shape index (κ1) is 20.6. The van der Waals surface area contributed by atoms with E-state index in [0.29, 0.717) is 6.92 Å². The smallest absolute Gasteiger partial charge is 0.380 e. The van der Waals surface area contributed by atoms with E-state index in [1.54, 1.807) is 0 Å². The summed E-state index contributed by atoms with van der Waals surface area (Å²) in [6.45, 7) is -0.0182. The second-order valence-corrected chi connectivity index (χ2v) is 8.13. The maximum atomic E-state index is 13.2. The van der Waals surface area contributed by atoms with E-state index >= 15 is 0 Å². The number of amides is 1. The minimum atomic E-state index is -4.95. The SMILES string of the molecule is C[C@@](O)(CC(=O)N1CCN(S(=O)(=O)c2cccc(F)c2)CC1)C(F)(F)F. The van der Waals surface area contributed by atoms with E-state index in [9.17, 15) is 35.9 Å². The van der Waals surface area contributed by atoms with Crippen molar-refractivity contribution in [2.75, 3.05) is 26.2 Å². The van der Waals surface area contributed by atoms with E-state index in [1.165, 1.54) is 12.1 Å². The van der Waals surface area contributed by atoms with E-state index in [4.69, 9.17) is 0 Å². The molecule has 0 radical (unpaired) electrons. The standard InChI is InChI=1S/C15H18F4N2O4S/c1-14(23,15(17,18)19)10-13(22)20-5-7-21(8-6-20)26(24,25)12-4-2-3-11(16)9-12/h2-4,9,23H,5-8,10H2,1H3/t14-/m1/s1. The Kier molecular flexibility index (Phi) is 5.64. The molecule has 0 spiro atoms. The molecule has 0 aromatic heterocycles. The fourth-order valence-corrected chi connectivity index (χ4v) is 3.92. The second kappa shape index (κ2) is 7.12. The third-order valence-corrected chi connectivity index (χ3v) is 6.03. The summed E-state index contributed by atoms with van der Waals surface area (Å²) < 4.78 is 77.1. The van der Waals surface area contributed by atoms with Crippen LogP contribution in [0.1, 0.15) is 13.3 Å². The molecule has 1 heterocycles. The van der Waals surface area contributed by atoms with Gasteiger partial charge in [0.1, 0.15) is 5.82 Å². The van der Waals surface area contributed by atoms with E-state index in [-0.39, 0.29) is 31.1 Å². The molecule has 1 aromatic rings. The minimum Gasteiger partial charge on any atom is -0.380 e. The Morgan fingerprint density at radius 2 is 1.77 bits per heavy atom. The van der Waals surface area contributed by atoms with Crippen LogP contribution in [0.2, 0.25) is 0 Å². The maximum Gasteiger partial charge on any atom is 0.417 e. The van der Waals surface area contributed by atoms with Crippen LogP contribution in [-0.2, 0) is 14.8 Å². The van der Waals surface area contributed by atoms with Gasteiger partial charge in [-0.1, -0.05) is 6.07 Å². The lowest BCUT2D eigenvalue weighted by atomic mass is 10.0. The van der Waals surface area contributed by atoms with Gasteiger partial charge in [-0.3, -0.25) is 4.79 Å². The van der Waals surface area contributed by atoms with Crippen molar-refractivity contribution < 1.29 is 35.9 Å². The van der Waals surface area contributed by atoms with Crippen LogP contribution in [0.5, 0.6) is 0 Å². The summed E-state index contributed by atoms with van der Waals surface area (Å²) in [6, 6.07) is 4.45. The average molecular weight is 398 g/mol. The lowest BCUT2D eigenvalue weighted by Gasteiger charge is -2.35. The van der Waals surface area contributed by atoms with Gasteiger partial charge in [0.05, 0.1) is 11.3 Å². The molecule has 0 unspecified atom stereocenters. The first-order valence-electron chi connectivity index (χ1n) is 7.67. The number of halogens is 4. The number of carbonyl (C=O) groups excluding carboxylic acids is 1. The molecule has 11 heteroatoms. The molecule has 1 atom stereocenters. The highest BCUT2D eigenvalue weighted by Gasteiger charge is 2.51. The summed E-state index contributed by atoms with van der Waals surface area (Å²) in [6.07, 6.45) is -6.10. The van der Waals surface area contributed by atoms with Gasteiger partial charge in [-0.2, -0.15) is 17.5 Å². The lowest BCUT2D eigenvalue weighted by molar-refractivity contribution is -0.254. The van der Waals surface area contributed by atoms with Gasteiger partial charge in [0, 0.05) is 26.2 Å². The number of carbonyl (C=O) groups is 1. The highest BCUT2D eigenvalue weighted by atomic mass is 32.2. The molecule has 1 amide bonds. The summed E-state index contributed by atoms with van der Waals surface area (Å²) in [7, 11) is -3.97. The number of hydrogen-bond donors (Lipinski definition) is 1. The minimum absolute atomic E-state index is 0.124. The zero-order valence-corrected chi connectivity index (χ0v) is 14.6. The monoisotopic (exact) mass is 398 g/mol. The normalized spacial score (nSPS) is 19.2. The number of alkyl halides is 3. The molecular weight excluding hydrogens is 380 g/mol. The quantitative estimate of drug-likeness (QED) is 0.777. The Hall–Kier alpha value is -1.72. The van der Waals surface area contributed by atoms with Crippen LogP contribution in [0.25, 0.3) is 0 Å². The molecule has 1 aliphatic heterocycles. The summed E-state index contributed by atoms with van der Waals surface area (Å²) >= 11 is 0. The molecule has 1 aromatic carbocycles. The zero-order chi connectivity index (χ0) is 19.8. The van der Waals surface area contributed by atoms with Crippen molar-refractivity contribution in [2.45, 2.75) is 30.0 Å². The van der Waals surface area contributed by atoms with Crippen molar-refractivity contribution in [1.29, 1.82) is 0 Å². The summed E-state index contributed by atoms with van der Waals surface area (Å²) in [5.41, 5.74) is -3.16. The van der Waals surface area contributed by atoms with E-state index in [1.807, 2.05) is 0 Å². The summed E-state index contributed by atoms with van der Waals surface area (Å²) in [5, 5.41) is 9.39. The second-order valence-electron chi connectivity index (χ2n) is 6.19. The van der Waals surface area contributed by atoms with Crippen LogP contribution < -0.4 is 0 Å². The number of hydrogen-bond acceptors (Lipinski definition) is 4. The topological polar surface area (TPSA) is 77.9 Å². The van der Waals surface area contributed by atoms with Gasteiger partial charge in [0.2, 0.25) is 15.9 Å². The van der Waals surface area contributed by atoms with Crippen LogP contribution in [0, 0.1) is 5.82 Å². The molecule has 0 saturated carbocycles. The maximum absolute atomic E-state index is 13.2. The number of benzene rings is 1. The fraction of sp³-hybridized carbons (Fsp3) is 0.533. The Balaban J connectivity index is 2.02. The van der Waals surface area contributed by atoms with E-state index in [0.717, 1.165) is 21.3 Å². The van der Waals surface area contributed by atoms with Gasteiger partial charge >= 0.3 is 6.18 Å². The van der Waals surface area contributed by atoms with Gasteiger partial charge in [0.25, 0.3) is 0 Å². The average Bonchev–Trinajstić information content (AvgIpc) is 2.53. The third-order valence-electron chi connectivity index (χ3n) is 4.13. The molecule has 1 N–H and O–H groups in total. The van der Waals surface area contributed by atoms with Crippen LogP contribution in [0.4, 0.5) is 17.6 Å². The first-order chi connectivity index (χ1) is 11.8. The number of piperazine rings is 1. The van der Waals surface area contributed by atoms with Crippen LogP contribution >= 0.6 is 0 Å². The molecule has 146 valence electrons. The zero-order valence-electron chi connectivity index (χ0n) is 13.8. The van der Waals surface area contributed by atoms with Crippen molar-refractivity contribution in [2.24, 2.45) is 0 Å². The lowest BCUT2D eigenvalue weighted by Crippen LogP contribution is -2.53. The Morgan fingerprint density at radius 3 is 2.27 bits per heavy atom. The Labute approximate surface area is 148 Å². The highest BCUT2D eigenvalue weighted by Crippen LogP contribution is 2.33. The molecule has 26 heavy (non-hydrogen) atoms. The predicted octanol–water partition coefficient (Wildman–Crippen LogP) is 1.36. The van der Waals surface area contributed by atoms with Crippen LogP contribution in [-0.4, -0.2) is 66.6 Å². The largest absolute Gasteiger partial charge is 0.417 e. The first-order valence-corrected chi connectivity index (χ1v) is 9.11. The van der Waals surface area contributed by atoms with Gasteiger partial charge in [-0.15, -0.1) is 0 Å². The fourth-order valence-electron chi connectivity index (χ4n) is 2.46. The highest BCUT2D eigenvalue weighted by molar-refractivity contribution is 7.89. The molecule has 1 aliphatic rings. The van der Waals surface area contributed by atoms with Crippen LogP contribution in [0.3, 0.4) is 0 Å². The Morgan fingerprint density at radius 1 is 1.19 bits per heavy atom. The number of sulfonamides is 1. The van der Waals surface area contributed by atoms with E-state index in [2.05, 4.69) is 0 Å². The third kappa shape index (κ3) is 4.33. The van der Waals surface area contributed by atoms with Crippen molar-refractivity contribution in [1.82, 2.24) is 9.21 Å². The molecule has 0 aliphatic carbocycles. The van der Waals surface area contributed by atoms with Gasteiger partial charge in [0.15, 0.2) is 5.60 Å². The van der Waals surface area contributed by atoms with Crippen LogP contribution in [0.15, 0.2) is 29.2 Å². The van der Waals surface area contributed by atoms with Crippen molar-refractivity contribution in [3.05, 3.63) is 30.1 Å². The van der Waals surface area contributed by atoms with Crippen molar-refractivity contribution in [3.8, 4) is 0 Å². The molecule has 0 bridgehead atoms. The molecule has 6 nitrogen and oxygen atoms in total. The van der Waals surface area contributed by atoms with Gasteiger partial charge in [-0.05, 0) is 25.1 Å². The number of rotatable bonds is 4. The molecular formula is C15H18F4N2O4S. The predicted molar refractivity (Wildman–Crippen MR) is 83.0 cm³/mol. The summed E-state index contributed by atoms with van der Waals surface area (Å²) in [5.74, 6) is -1.63. The van der Waals surface area contributed by atoms with Crippen molar-refractivity contribution >= 4 is 15.9 Å². The number of nitrogens with zero attached hydrogens (tertiary/aromatic N) is 2. The van der Waals surface area contributed by atoms with Gasteiger partial charge < -0.3 is 10.0 Å². The molecule has 1 saturated heterocycles. The Bertz CT molecular complexity index is 772. The summed E-state index contributed by atoms with van der Waals surface area (Å²) in [4.78, 5) is 12.8. The molecule has 2 rings (SSSR count). The number of aliphatic hydroxyl groups is 1.